The molecule has 1 aliphatic heterocycles. The Morgan fingerprint density at radius 1 is 1.13 bits per heavy atom. The minimum Gasteiger partial charge on any atom is -0.274 e. The third kappa shape index (κ3) is 3.05. The molecule has 0 saturated carbocycles. The molecule has 1 atom stereocenters. The van der Waals surface area contributed by atoms with Crippen molar-refractivity contribution in [3.8, 4) is 0 Å². The number of hydrogen-bond acceptors (Lipinski definition) is 6. The number of rotatable bonds is 3. The summed E-state index contributed by atoms with van der Waals surface area (Å²) < 4.78 is 27.2. The zero-order valence-electron chi connectivity index (χ0n) is 15.6. The maximum atomic E-state index is 13.5. The summed E-state index contributed by atoms with van der Waals surface area (Å²) in [5.41, 5.74) is 2.48. The van der Waals surface area contributed by atoms with Crippen molar-refractivity contribution >= 4 is 61.6 Å². The minimum absolute atomic E-state index is 0.0842. The summed E-state index contributed by atoms with van der Waals surface area (Å²) in [7, 11) is -3.71. The fraction of sp³-hybridized carbons (Fsp3) is 0.238. The van der Waals surface area contributed by atoms with Crippen LogP contribution in [0.15, 0.2) is 46.0 Å². The molecule has 30 heavy (non-hydrogen) atoms. The highest BCUT2D eigenvalue weighted by atomic mass is 35.5. The Labute approximate surface area is 186 Å². The topological polar surface area (TPSA) is 71.5 Å². The molecule has 1 aromatic carbocycles. The molecule has 154 valence electrons. The maximum Gasteiger partial charge on any atom is 0.266 e. The molecule has 0 saturated heterocycles. The number of amides is 2. The van der Waals surface area contributed by atoms with Gasteiger partial charge in [-0.05, 0) is 47.9 Å². The number of nitrogens with zero attached hydrogens (tertiary/aromatic N) is 1. The Morgan fingerprint density at radius 2 is 1.93 bits per heavy atom. The van der Waals surface area contributed by atoms with Gasteiger partial charge in [-0.1, -0.05) is 35.9 Å². The van der Waals surface area contributed by atoms with E-state index in [2.05, 4.69) is 0 Å². The Kier molecular flexibility index (Phi) is 4.85. The normalized spacial score (nSPS) is 19.0. The van der Waals surface area contributed by atoms with Crippen molar-refractivity contribution in [2.24, 2.45) is 0 Å². The van der Waals surface area contributed by atoms with Gasteiger partial charge in [0.2, 0.25) is 5.91 Å². The van der Waals surface area contributed by atoms with E-state index < -0.39 is 26.9 Å². The van der Waals surface area contributed by atoms with Gasteiger partial charge in [0.1, 0.15) is 8.55 Å². The number of imide groups is 1. The van der Waals surface area contributed by atoms with E-state index in [1.54, 1.807) is 11.4 Å². The van der Waals surface area contributed by atoms with Crippen molar-refractivity contribution in [2.45, 2.75) is 35.1 Å². The number of sulfone groups is 1. The highest BCUT2D eigenvalue weighted by Crippen LogP contribution is 2.45. The number of thiophene rings is 2. The summed E-state index contributed by atoms with van der Waals surface area (Å²) in [4.78, 5) is 27.3. The van der Waals surface area contributed by atoms with Gasteiger partial charge in [0.15, 0.2) is 9.84 Å². The van der Waals surface area contributed by atoms with Crippen molar-refractivity contribution < 1.29 is 18.0 Å². The average Bonchev–Trinajstić information content (AvgIpc) is 3.35. The van der Waals surface area contributed by atoms with Gasteiger partial charge in [0, 0.05) is 4.88 Å². The third-order valence-corrected chi connectivity index (χ3v) is 10.5. The molecule has 1 aliphatic carbocycles. The van der Waals surface area contributed by atoms with Crippen molar-refractivity contribution in [1.29, 1.82) is 0 Å². The number of hydrogen-bond donors (Lipinski definition) is 0. The van der Waals surface area contributed by atoms with Gasteiger partial charge in [-0.15, -0.1) is 22.7 Å². The van der Waals surface area contributed by atoms with Crippen LogP contribution in [0.4, 0.5) is 5.69 Å². The molecular weight excluding hydrogens is 462 g/mol. The van der Waals surface area contributed by atoms with E-state index >= 15 is 0 Å². The monoisotopic (exact) mass is 477 g/mol. The zero-order chi connectivity index (χ0) is 21.0. The summed E-state index contributed by atoms with van der Waals surface area (Å²) >= 11 is 8.63. The summed E-state index contributed by atoms with van der Waals surface area (Å²) in [5.74, 6) is -0.865. The fourth-order valence-corrected chi connectivity index (χ4v) is 8.81. The molecule has 0 bridgehead atoms. The van der Waals surface area contributed by atoms with Crippen LogP contribution in [0, 0.1) is 0 Å². The van der Waals surface area contributed by atoms with E-state index in [-0.39, 0.29) is 20.7 Å². The van der Waals surface area contributed by atoms with Crippen molar-refractivity contribution in [2.75, 3.05) is 4.90 Å². The van der Waals surface area contributed by atoms with Gasteiger partial charge in [-0.25, -0.2) is 13.3 Å². The van der Waals surface area contributed by atoms with Crippen LogP contribution in [-0.4, -0.2) is 20.2 Å². The second kappa shape index (κ2) is 7.30. The molecule has 2 aliphatic rings. The predicted molar refractivity (Wildman–Crippen MR) is 118 cm³/mol. The van der Waals surface area contributed by atoms with Crippen LogP contribution in [-0.2, 0) is 27.5 Å². The molecule has 3 aromatic rings. The number of anilines is 1. The minimum atomic E-state index is -3.71. The molecule has 2 amide bonds. The number of halogens is 1. The Hall–Kier alpha value is -2.00. The summed E-state index contributed by atoms with van der Waals surface area (Å²) in [6.07, 6.45) is 2.28. The van der Waals surface area contributed by atoms with Gasteiger partial charge in [0.05, 0.1) is 22.9 Å². The smallest absolute Gasteiger partial charge is 0.266 e. The first kappa shape index (κ1) is 19.9. The van der Waals surface area contributed by atoms with E-state index in [0.29, 0.717) is 12.0 Å². The van der Waals surface area contributed by atoms with Crippen LogP contribution in [0.1, 0.15) is 44.5 Å². The Balaban J connectivity index is 1.55. The van der Waals surface area contributed by atoms with Gasteiger partial charge >= 0.3 is 0 Å². The van der Waals surface area contributed by atoms with Gasteiger partial charge in [0.25, 0.3) is 5.91 Å². The summed E-state index contributed by atoms with van der Waals surface area (Å²) in [5, 5.41) is 1.12. The van der Waals surface area contributed by atoms with Crippen molar-refractivity contribution in [3.05, 3.63) is 67.7 Å². The molecule has 2 aromatic heterocycles. The molecule has 5 rings (SSSR count). The van der Waals surface area contributed by atoms with E-state index in [0.717, 1.165) is 45.1 Å². The van der Waals surface area contributed by atoms with Crippen LogP contribution in [0.25, 0.3) is 0 Å². The molecule has 9 heteroatoms. The Bertz CT molecular complexity index is 1290. The highest BCUT2D eigenvalue weighted by molar-refractivity contribution is 7.93. The number of aryl methyl sites for hydroxylation is 1. The Morgan fingerprint density at radius 3 is 2.77 bits per heavy atom. The lowest BCUT2D eigenvalue weighted by atomic mass is 9.91. The quantitative estimate of drug-likeness (QED) is 0.495. The SMILES string of the molecule is O=C1Cc2sccc2C(=O)N1c1cc(S(=O)(=O)C2CCCc3ccccc32)sc1Cl. The second-order valence-electron chi connectivity index (χ2n) is 7.32. The van der Waals surface area contributed by atoms with Crippen LogP contribution in [0.3, 0.4) is 0 Å². The largest absolute Gasteiger partial charge is 0.274 e. The van der Waals surface area contributed by atoms with E-state index in [4.69, 9.17) is 11.6 Å². The first-order valence-corrected chi connectivity index (χ1v) is 13.0. The number of fused-ring (bicyclic) bond motifs is 2. The second-order valence-corrected chi connectivity index (χ2v) is 12.3. The first-order chi connectivity index (χ1) is 14.4. The molecule has 0 radical (unpaired) electrons. The van der Waals surface area contributed by atoms with Crippen molar-refractivity contribution in [1.82, 2.24) is 0 Å². The van der Waals surface area contributed by atoms with Crippen LogP contribution < -0.4 is 4.90 Å². The van der Waals surface area contributed by atoms with E-state index in [1.807, 2.05) is 24.3 Å². The standard InChI is InChI=1S/C21H16ClNO4S3/c22-20-15(23-18(24)11-16-14(21(23)25)8-9-28-16)10-19(29-20)30(26,27)17-7-3-5-12-4-1-2-6-13(12)17/h1-2,4,6,8-10,17H,3,5,7,11H2. The summed E-state index contributed by atoms with van der Waals surface area (Å²) in [6.45, 7) is 0. The summed E-state index contributed by atoms with van der Waals surface area (Å²) in [6, 6.07) is 10.7. The average molecular weight is 478 g/mol. The molecule has 0 N–H and O–H groups in total. The third-order valence-electron chi connectivity index (χ3n) is 5.60. The molecule has 5 nitrogen and oxygen atoms in total. The number of benzene rings is 1. The van der Waals surface area contributed by atoms with Gasteiger partial charge in [-0.2, -0.15) is 0 Å². The van der Waals surface area contributed by atoms with Crippen LogP contribution >= 0.6 is 34.3 Å². The van der Waals surface area contributed by atoms with E-state index in [9.17, 15) is 18.0 Å². The molecular formula is C21H16ClNO4S3. The zero-order valence-corrected chi connectivity index (χ0v) is 18.8. The molecule has 0 fully saturated rings. The molecule has 1 unspecified atom stereocenters. The fourth-order valence-electron chi connectivity index (χ4n) is 4.16. The lowest BCUT2D eigenvalue weighted by Crippen LogP contribution is -2.41. The first-order valence-electron chi connectivity index (χ1n) is 9.42. The van der Waals surface area contributed by atoms with Crippen LogP contribution in [0.2, 0.25) is 4.34 Å². The highest BCUT2D eigenvalue weighted by Gasteiger charge is 2.38. The maximum absolute atomic E-state index is 13.5. The predicted octanol–water partition coefficient (Wildman–Crippen LogP) is 5.04. The van der Waals surface area contributed by atoms with Crippen LogP contribution in [0.5, 0.6) is 0 Å². The van der Waals surface area contributed by atoms with Gasteiger partial charge in [-0.3, -0.25) is 9.59 Å². The molecule has 3 heterocycles. The lowest BCUT2D eigenvalue weighted by Gasteiger charge is -2.25. The number of carbonyl (C=O) groups excluding carboxylic acids is 2. The number of carbonyl (C=O) groups is 2. The molecule has 0 spiro atoms. The van der Waals surface area contributed by atoms with Gasteiger partial charge < -0.3 is 0 Å². The van der Waals surface area contributed by atoms with E-state index in [1.165, 1.54) is 17.4 Å². The lowest BCUT2D eigenvalue weighted by molar-refractivity contribution is -0.117. The van der Waals surface area contributed by atoms with Crippen molar-refractivity contribution in [3.63, 3.8) is 0 Å².